The van der Waals surface area contributed by atoms with Gasteiger partial charge in [-0.2, -0.15) is 0 Å². The first-order valence-corrected chi connectivity index (χ1v) is 14.4. The zero-order valence-corrected chi connectivity index (χ0v) is 24.3. The molecule has 6 nitrogen and oxygen atoms in total. The summed E-state index contributed by atoms with van der Waals surface area (Å²) in [4.78, 5) is 34.2. The predicted octanol–water partition coefficient (Wildman–Crippen LogP) is 8.51. The number of ketones is 2. The molecule has 0 aliphatic heterocycles. The van der Waals surface area contributed by atoms with Crippen LogP contribution in [0.3, 0.4) is 0 Å². The lowest BCUT2D eigenvalue weighted by Gasteiger charge is -2.09. The molecular formula is C35H34ClN3O3. The first-order chi connectivity index (χ1) is 20.5. The second-order valence-electron chi connectivity index (χ2n) is 9.78. The van der Waals surface area contributed by atoms with Gasteiger partial charge >= 0.3 is 0 Å². The second kappa shape index (κ2) is 15.6. The number of halogens is 1. The molecule has 0 radical (unpaired) electrons. The molecule has 0 amide bonds. The summed E-state index contributed by atoms with van der Waals surface area (Å²) in [5.74, 6) is 0.414. The number of allylic oxidation sites excluding steroid dienone is 3. The number of benzene rings is 3. The summed E-state index contributed by atoms with van der Waals surface area (Å²) in [7, 11) is 0. The molecule has 0 saturated carbocycles. The average Bonchev–Trinajstić information content (AvgIpc) is 3.01. The Morgan fingerprint density at radius 2 is 1.60 bits per heavy atom. The van der Waals surface area contributed by atoms with Crippen LogP contribution in [0.1, 0.15) is 65.3 Å². The first kappa shape index (κ1) is 30.6. The molecule has 214 valence electrons. The number of unbranched alkanes of at least 4 members (excludes halogenated alkanes) is 1. The molecule has 3 aromatic carbocycles. The number of anilines is 2. The van der Waals surface area contributed by atoms with Gasteiger partial charge in [0.2, 0.25) is 5.95 Å². The zero-order valence-electron chi connectivity index (χ0n) is 23.6. The quantitative estimate of drug-likeness (QED) is 0.115. The maximum Gasteiger partial charge on any atom is 0.227 e. The molecule has 0 aliphatic rings. The minimum Gasteiger partial charge on any atom is -0.396 e. The molecule has 0 fully saturated rings. The zero-order chi connectivity index (χ0) is 29.7. The van der Waals surface area contributed by atoms with Gasteiger partial charge in [0, 0.05) is 40.0 Å². The van der Waals surface area contributed by atoms with Gasteiger partial charge < -0.3 is 10.4 Å². The van der Waals surface area contributed by atoms with Crippen LogP contribution in [-0.2, 0) is 0 Å². The fourth-order valence-corrected chi connectivity index (χ4v) is 4.46. The molecule has 2 N–H and O–H groups in total. The molecule has 4 rings (SSSR count). The Hall–Kier alpha value is -4.39. The van der Waals surface area contributed by atoms with E-state index < -0.39 is 0 Å². The van der Waals surface area contributed by atoms with Gasteiger partial charge in [-0.1, -0.05) is 79.6 Å². The summed E-state index contributed by atoms with van der Waals surface area (Å²) in [6.45, 7) is 1.95. The van der Waals surface area contributed by atoms with E-state index in [1.807, 2.05) is 85.0 Å². The number of hydrogen-bond donors (Lipinski definition) is 2. The standard InChI is InChI=1S/C35H34ClN3O3/c1-2-3-7-28(8-5-4-6-25-9-11-27(12-10-25)33(41)22-24-40)34(42)29-15-19-31(20-16-29)38-35-37-23-21-32(39-35)26-13-17-30(36)18-14-26/h4,6-7,9-21,23,40H,2-3,5,8,22,24H2,1H3,(H,37,38,39)/b6-4+,28-7?. The van der Waals surface area contributed by atoms with Crippen LogP contribution in [0.5, 0.6) is 0 Å². The van der Waals surface area contributed by atoms with Crippen LogP contribution in [0.2, 0.25) is 5.02 Å². The minimum atomic E-state index is -0.149. The number of hydrogen-bond acceptors (Lipinski definition) is 6. The number of aliphatic hydroxyl groups excluding tert-OH is 1. The highest BCUT2D eigenvalue weighted by atomic mass is 35.5. The molecular weight excluding hydrogens is 546 g/mol. The van der Waals surface area contributed by atoms with Crippen molar-refractivity contribution >= 4 is 40.9 Å². The van der Waals surface area contributed by atoms with Crippen molar-refractivity contribution in [2.24, 2.45) is 0 Å². The van der Waals surface area contributed by atoms with Crippen molar-refractivity contribution in [2.45, 2.75) is 39.0 Å². The minimum absolute atomic E-state index is 0.0242. The van der Waals surface area contributed by atoms with Crippen molar-refractivity contribution in [3.8, 4) is 11.3 Å². The number of nitrogens with one attached hydrogen (secondary N) is 1. The van der Waals surface area contributed by atoms with Crippen molar-refractivity contribution in [2.75, 3.05) is 11.9 Å². The summed E-state index contributed by atoms with van der Waals surface area (Å²) in [5, 5.41) is 12.8. The van der Waals surface area contributed by atoms with E-state index in [0.717, 1.165) is 40.9 Å². The molecule has 0 bridgehead atoms. The van der Waals surface area contributed by atoms with Crippen molar-refractivity contribution < 1.29 is 14.7 Å². The van der Waals surface area contributed by atoms with Crippen LogP contribution in [0.15, 0.2) is 103 Å². The molecule has 1 heterocycles. The summed E-state index contributed by atoms with van der Waals surface area (Å²) in [5.41, 5.74) is 5.50. The van der Waals surface area contributed by atoms with Crippen molar-refractivity contribution in [3.05, 3.63) is 124 Å². The Morgan fingerprint density at radius 1 is 0.881 bits per heavy atom. The van der Waals surface area contributed by atoms with Crippen LogP contribution in [0.4, 0.5) is 11.6 Å². The van der Waals surface area contributed by atoms with Crippen LogP contribution in [0, 0.1) is 0 Å². The number of rotatable bonds is 14. The monoisotopic (exact) mass is 579 g/mol. The van der Waals surface area contributed by atoms with E-state index in [-0.39, 0.29) is 24.6 Å². The lowest BCUT2D eigenvalue weighted by Crippen LogP contribution is -2.04. The van der Waals surface area contributed by atoms with Gasteiger partial charge in [0.05, 0.1) is 12.3 Å². The topological polar surface area (TPSA) is 92.2 Å². The van der Waals surface area contributed by atoms with Gasteiger partial charge in [-0.25, -0.2) is 9.97 Å². The number of nitrogens with zero attached hydrogens (tertiary/aromatic N) is 2. The van der Waals surface area contributed by atoms with Crippen LogP contribution in [0.25, 0.3) is 17.3 Å². The van der Waals surface area contributed by atoms with E-state index in [1.165, 1.54) is 0 Å². The fraction of sp³-hybridized carbons (Fsp3) is 0.200. The Kier molecular flexibility index (Phi) is 11.3. The maximum atomic E-state index is 13.4. The second-order valence-corrected chi connectivity index (χ2v) is 10.2. The van der Waals surface area contributed by atoms with Gasteiger partial charge in [0.1, 0.15) is 0 Å². The molecule has 0 saturated heterocycles. The fourth-order valence-electron chi connectivity index (χ4n) is 4.33. The SMILES string of the molecule is CCCC=C(CC/C=C/c1ccc(C(=O)CCO)cc1)C(=O)c1ccc(Nc2nccc(-c3ccc(Cl)cc3)n2)cc1. The Labute approximate surface area is 251 Å². The average molecular weight is 580 g/mol. The van der Waals surface area contributed by atoms with E-state index in [0.29, 0.717) is 34.9 Å². The van der Waals surface area contributed by atoms with Gasteiger partial charge in [0.25, 0.3) is 0 Å². The third-order valence-electron chi connectivity index (χ3n) is 6.63. The normalized spacial score (nSPS) is 11.5. The molecule has 1 aromatic heterocycles. The molecule has 0 spiro atoms. The van der Waals surface area contributed by atoms with Crippen molar-refractivity contribution in [1.29, 1.82) is 0 Å². The van der Waals surface area contributed by atoms with Gasteiger partial charge in [-0.3, -0.25) is 9.59 Å². The Balaban J connectivity index is 1.37. The summed E-state index contributed by atoms with van der Waals surface area (Å²) < 4.78 is 0. The molecule has 0 aliphatic carbocycles. The van der Waals surface area contributed by atoms with Crippen molar-refractivity contribution in [3.63, 3.8) is 0 Å². The lowest BCUT2D eigenvalue weighted by molar-refractivity contribution is 0.0955. The third-order valence-corrected chi connectivity index (χ3v) is 6.88. The number of aromatic nitrogens is 2. The highest BCUT2D eigenvalue weighted by Gasteiger charge is 2.12. The molecule has 0 atom stereocenters. The van der Waals surface area contributed by atoms with E-state index >= 15 is 0 Å². The van der Waals surface area contributed by atoms with Gasteiger partial charge in [-0.15, -0.1) is 0 Å². The summed E-state index contributed by atoms with van der Waals surface area (Å²) >= 11 is 6.00. The predicted molar refractivity (Wildman–Crippen MR) is 170 cm³/mol. The van der Waals surface area contributed by atoms with E-state index in [9.17, 15) is 9.59 Å². The molecule has 7 heteroatoms. The first-order valence-electron chi connectivity index (χ1n) is 14.1. The summed E-state index contributed by atoms with van der Waals surface area (Å²) in [6, 6.07) is 24.0. The number of Topliss-reactive ketones (excluding diaryl/α,β-unsaturated/α-hetero) is 2. The summed E-state index contributed by atoms with van der Waals surface area (Å²) in [6.07, 6.45) is 11.1. The highest BCUT2D eigenvalue weighted by Crippen LogP contribution is 2.23. The molecule has 0 unspecified atom stereocenters. The van der Waals surface area contributed by atoms with E-state index in [1.54, 1.807) is 18.3 Å². The van der Waals surface area contributed by atoms with Gasteiger partial charge in [-0.05, 0) is 72.9 Å². The van der Waals surface area contributed by atoms with E-state index in [4.69, 9.17) is 16.7 Å². The van der Waals surface area contributed by atoms with Crippen LogP contribution >= 0.6 is 11.6 Å². The lowest BCUT2D eigenvalue weighted by atomic mass is 9.97. The number of carbonyl (C=O) groups is 2. The van der Waals surface area contributed by atoms with E-state index in [2.05, 4.69) is 22.2 Å². The smallest absolute Gasteiger partial charge is 0.227 e. The van der Waals surface area contributed by atoms with Crippen molar-refractivity contribution in [1.82, 2.24) is 9.97 Å². The highest BCUT2D eigenvalue weighted by molar-refractivity contribution is 6.30. The number of carbonyl (C=O) groups excluding carboxylic acids is 2. The number of aliphatic hydroxyl groups is 1. The molecule has 4 aromatic rings. The maximum absolute atomic E-state index is 13.4. The van der Waals surface area contributed by atoms with Gasteiger partial charge in [0.15, 0.2) is 11.6 Å². The Bertz CT molecular complexity index is 1540. The van der Waals surface area contributed by atoms with Crippen LogP contribution in [-0.4, -0.2) is 33.2 Å². The van der Waals surface area contributed by atoms with Crippen LogP contribution < -0.4 is 5.32 Å². The largest absolute Gasteiger partial charge is 0.396 e. The molecule has 42 heavy (non-hydrogen) atoms. The Morgan fingerprint density at radius 3 is 2.29 bits per heavy atom. The third kappa shape index (κ3) is 8.80.